The molecule has 2 unspecified atom stereocenters. The van der Waals surface area contributed by atoms with Crippen LogP contribution in [0, 0.1) is 0 Å². The van der Waals surface area contributed by atoms with E-state index in [-0.39, 0.29) is 11.3 Å². The number of hydrogen-bond donors (Lipinski definition) is 1. The first-order valence-corrected chi connectivity index (χ1v) is 5.67. The predicted molar refractivity (Wildman–Crippen MR) is 57.5 cm³/mol. The number of rotatable bonds is 1. The maximum atomic E-state index is 11.6. The number of ketones is 1. The van der Waals surface area contributed by atoms with Crippen LogP contribution in [0.2, 0.25) is 0 Å². The lowest BCUT2D eigenvalue weighted by atomic mass is 9.83. The van der Waals surface area contributed by atoms with Gasteiger partial charge in [0.1, 0.15) is 5.78 Å². The van der Waals surface area contributed by atoms with Crippen molar-refractivity contribution in [2.24, 2.45) is 0 Å². The summed E-state index contributed by atoms with van der Waals surface area (Å²) in [5, 5.41) is 9.72. The van der Waals surface area contributed by atoms with Gasteiger partial charge in [-0.1, -0.05) is 18.2 Å². The Morgan fingerprint density at radius 1 is 1.56 bits per heavy atom. The Kier molecular flexibility index (Phi) is 2.24. The number of ether oxygens (including phenoxy) is 1. The van der Waals surface area contributed by atoms with Gasteiger partial charge in [-0.25, -0.2) is 4.90 Å². The third kappa shape index (κ3) is 1.30. The molecule has 0 aromatic rings. The van der Waals surface area contributed by atoms with Gasteiger partial charge in [-0.2, -0.15) is 0 Å². The molecule has 3 aliphatic rings. The monoisotopic (exact) mass is 221 g/mol. The molecule has 16 heavy (non-hydrogen) atoms. The number of Topliss-reactive ketones (excluding diaryl/α,β-unsaturated/α-hetero) is 1. The first-order chi connectivity index (χ1) is 7.72. The summed E-state index contributed by atoms with van der Waals surface area (Å²) in [4.78, 5) is 13.4. The van der Waals surface area contributed by atoms with Gasteiger partial charge in [-0.15, -0.1) is 0 Å². The second kappa shape index (κ2) is 3.52. The van der Waals surface area contributed by atoms with E-state index in [0.29, 0.717) is 19.6 Å². The Bertz CT molecular complexity index is 388. The Morgan fingerprint density at radius 3 is 3.19 bits per heavy atom. The number of aliphatic hydroxyl groups is 1. The lowest BCUT2D eigenvalue weighted by Crippen LogP contribution is -2.45. The van der Waals surface area contributed by atoms with Gasteiger partial charge < -0.3 is 9.84 Å². The normalized spacial score (nSPS) is 38.9. The van der Waals surface area contributed by atoms with E-state index in [1.807, 2.05) is 6.08 Å². The second-order valence-electron chi connectivity index (χ2n) is 4.67. The first-order valence-electron chi connectivity index (χ1n) is 5.67. The summed E-state index contributed by atoms with van der Waals surface area (Å²) >= 11 is 0. The first kappa shape index (κ1) is 10.2. The van der Waals surface area contributed by atoms with Crippen molar-refractivity contribution in [3.05, 3.63) is 23.8 Å². The smallest absolute Gasteiger partial charge is 0.217 e. The Balaban J connectivity index is 1.98. The minimum Gasteiger partial charge on any atom is -0.356 e. The predicted octanol–water partition coefficient (Wildman–Crippen LogP) is 0.583. The number of hydrogen-bond acceptors (Lipinski definition) is 4. The SMILES string of the molecule is O=C1CN2C(O)OCC2(C2=CC=CCC2)C1. The van der Waals surface area contributed by atoms with E-state index in [1.165, 1.54) is 5.57 Å². The fraction of sp³-hybridized carbons (Fsp3) is 0.583. The van der Waals surface area contributed by atoms with Gasteiger partial charge in [0.2, 0.25) is 6.41 Å². The zero-order valence-electron chi connectivity index (χ0n) is 9.06. The van der Waals surface area contributed by atoms with E-state index >= 15 is 0 Å². The maximum Gasteiger partial charge on any atom is 0.217 e. The molecule has 0 saturated carbocycles. The summed E-state index contributed by atoms with van der Waals surface area (Å²) in [7, 11) is 0. The summed E-state index contributed by atoms with van der Waals surface area (Å²) in [6.45, 7) is 0.738. The summed E-state index contributed by atoms with van der Waals surface area (Å²) in [5.74, 6) is 0.192. The number of allylic oxidation sites excluding steroid dienone is 3. The zero-order valence-corrected chi connectivity index (χ0v) is 9.06. The van der Waals surface area contributed by atoms with E-state index in [9.17, 15) is 9.90 Å². The van der Waals surface area contributed by atoms with Gasteiger partial charge in [0.25, 0.3) is 0 Å². The molecular weight excluding hydrogens is 206 g/mol. The number of carbonyl (C=O) groups excluding carboxylic acids is 1. The van der Waals surface area contributed by atoms with Crippen LogP contribution in [-0.4, -0.2) is 40.9 Å². The Labute approximate surface area is 94.2 Å². The molecule has 1 aliphatic carbocycles. The largest absolute Gasteiger partial charge is 0.356 e. The summed E-state index contributed by atoms with van der Waals surface area (Å²) in [6.07, 6.45) is 7.73. The third-order valence-electron chi connectivity index (χ3n) is 3.74. The van der Waals surface area contributed by atoms with Crippen LogP contribution in [0.5, 0.6) is 0 Å². The van der Waals surface area contributed by atoms with E-state index in [4.69, 9.17) is 4.74 Å². The number of nitrogens with zero attached hydrogens (tertiary/aromatic N) is 1. The molecule has 2 atom stereocenters. The van der Waals surface area contributed by atoms with Crippen molar-refractivity contribution in [2.75, 3.05) is 13.2 Å². The molecule has 4 nitrogen and oxygen atoms in total. The maximum absolute atomic E-state index is 11.6. The van der Waals surface area contributed by atoms with Crippen LogP contribution in [0.15, 0.2) is 23.8 Å². The average molecular weight is 221 g/mol. The fourth-order valence-corrected chi connectivity index (χ4v) is 2.93. The minimum atomic E-state index is -0.918. The molecule has 0 amide bonds. The summed E-state index contributed by atoms with van der Waals surface area (Å²) in [6, 6.07) is 0. The van der Waals surface area contributed by atoms with Crippen LogP contribution >= 0.6 is 0 Å². The van der Waals surface area contributed by atoms with E-state index in [1.54, 1.807) is 4.90 Å². The molecule has 2 saturated heterocycles. The van der Waals surface area contributed by atoms with Crippen LogP contribution in [-0.2, 0) is 9.53 Å². The van der Waals surface area contributed by atoms with Crippen molar-refractivity contribution in [3.63, 3.8) is 0 Å². The lowest BCUT2D eigenvalue weighted by Gasteiger charge is -2.33. The van der Waals surface area contributed by atoms with Crippen LogP contribution in [0.4, 0.5) is 0 Å². The third-order valence-corrected chi connectivity index (χ3v) is 3.74. The summed E-state index contributed by atoms with van der Waals surface area (Å²) in [5.41, 5.74) is 0.860. The van der Waals surface area contributed by atoms with Gasteiger partial charge in [0.05, 0.1) is 18.7 Å². The molecule has 0 aromatic carbocycles. The topological polar surface area (TPSA) is 49.8 Å². The molecule has 3 rings (SSSR count). The van der Waals surface area contributed by atoms with Crippen molar-refractivity contribution < 1.29 is 14.6 Å². The molecule has 2 aliphatic heterocycles. The highest BCUT2D eigenvalue weighted by molar-refractivity contribution is 5.85. The lowest BCUT2D eigenvalue weighted by molar-refractivity contribution is -0.140. The van der Waals surface area contributed by atoms with Crippen molar-refractivity contribution in [1.82, 2.24) is 4.90 Å². The molecule has 4 heteroatoms. The minimum absolute atomic E-state index is 0.192. The Hall–Kier alpha value is -0.970. The van der Waals surface area contributed by atoms with E-state index < -0.39 is 6.41 Å². The van der Waals surface area contributed by atoms with Crippen molar-refractivity contribution in [3.8, 4) is 0 Å². The van der Waals surface area contributed by atoms with Gasteiger partial charge in [-0.05, 0) is 18.4 Å². The van der Waals surface area contributed by atoms with Crippen molar-refractivity contribution >= 4 is 5.78 Å². The standard InChI is InChI=1S/C12H15NO3/c14-10-6-12(9-4-2-1-3-5-9)8-16-11(15)13(12)7-10/h1-2,4,11,15H,3,5-8H2. The number of fused-ring (bicyclic) bond motifs is 1. The molecule has 86 valence electrons. The fourth-order valence-electron chi connectivity index (χ4n) is 2.93. The van der Waals surface area contributed by atoms with Crippen LogP contribution in [0.3, 0.4) is 0 Å². The number of aliphatic hydroxyl groups excluding tert-OH is 1. The van der Waals surface area contributed by atoms with E-state index in [0.717, 1.165) is 12.8 Å². The summed E-state index contributed by atoms with van der Waals surface area (Å²) < 4.78 is 5.29. The second-order valence-corrected chi connectivity index (χ2v) is 4.67. The molecule has 0 spiro atoms. The Morgan fingerprint density at radius 2 is 2.44 bits per heavy atom. The molecule has 0 radical (unpaired) electrons. The molecular formula is C12H15NO3. The van der Waals surface area contributed by atoms with Crippen LogP contribution in [0.25, 0.3) is 0 Å². The van der Waals surface area contributed by atoms with Crippen molar-refractivity contribution in [1.29, 1.82) is 0 Å². The molecule has 0 bridgehead atoms. The molecule has 2 fully saturated rings. The van der Waals surface area contributed by atoms with Gasteiger partial charge >= 0.3 is 0 Å². The van der Waals surface area contributed by atoms with Crippen LogP contribution < -0.4 is 0 Å². The average Bonchev–Trinajstić information content (AvgIpc) is 2.79. The van der Waals surface area contributed by atoms with Gasteiger partial charge in [-0.3, -0.25) is 4.79 Å². The van der Waals surface area contributed by atoms with E-state index in [2.05, 4.69) is 12.2 Å². The van der Waals surface area contributed by atoms with Gasteiger partial charge in [0, 0.05) is 6.42 Å². The highest BCUT2D eigenvalue weighted by Crippen LogP contribution is 2.42. The van der Waals surface area contributed by atoms with Crippen molar-refractivity contribution in [2.45, 2.75) is 31.2 Å². The zero-order chi connectivity index (χ0) is 11.2. The number of carbonyl (C=O) groups is 1. The molecule has 0 aromatic heterocycles. The molecule has 2 heterocycles. The van der Waals surface area contributed by atoms with Crippen LogP contribution in [0.1, 0.15) is 19.3 Å². The highest BCUT2D eigenvalue weighted by Gasteiger charge is 2.55. The van der Waals surface area contributed by atoms with Gasteiger partial charge in [0.15, 0.2) is 0 Å². The molecule has 1 N–H and O–H groups in total. The highest BCUT2D eigenvalue weighted by atomic mass is 16.6. The quantitative estimate of drug-likeness (QED) is 0.703.